The van der Waals surface area contributed by atoms with Crippen LogP contribution in [0.15, 0.2) is 76.6 Å². The van der Waals surface area contributed by atoms with E-state index in [1.807, 2.05) is 30.3 Å². The number of H-pyrrole nitrogens is 1. The summed E-state index contributed by atoms with van der Waals surface area (Å²) in [6, 6.07) is 15.3. The Labute approximate surface area is 186 Å². The number of aromatic nitrogens is 6. The lowest BCUT2D eigenvalue weighted by Crippen LogP contribution is -2.44. The van der Waals surface area contributed by atoms with Gasteiger partial charge >= 0.3 is 11.6 Å². The number of pyridine rings is 2. The van der Waals surface area contributed by atoms with Crippen LogP contribution in [0.2, 0.25) is 0 Å². The highest BCUT2D eigenvalue weighted by Gasteiger charge is 2.26. The molecule has 0 spiro atoms. The number of nitrogens with one attached hydrogen (secondary N) is 1. The van der Waals surface area contributed by atoms with Crippen LogP contribution in [0.3, 0.4) is 0 Å². The molecule has 0 amide bonds. The third-order valence-corrected chi connectivity index (χ3v) is 5.35. The first kappa shape index (κ1) is 20.3. The van der Waals surface area contributed by atoms with E-state index in [1.165, 1.54) is 31.8 Å². The van der Waals surface area contributed by atoms with E-state index in [0.717, 1.165) is 11.8 Å². The Hall–Kier alpha value is -4.60. The summed E-state index contributed by atoms with van der Waals surface area (Å²) < 4.78 is 17.3. The lowest BCUT2D eigenvalue weighted by molar-refractivity contribution is -0.516. The van der Waals surface area contributed by atoms with E-state index in [4.69, 9.17) is 5.73 Å². The number of hydrogen-bond donors (Lipinski definition) is 2. The molecule has 0 aliphatic heterocycles. The predicted octanol–water partition coefficient (Wildman–Crippen LogP) is 1.51. The Morgan fingerprint density at radius 2 is 1.85 bits per heavy atom. The Kier molecular flexibility index (Phi) is 4.82. The zero-order valence-corrected chi connectivity index (χ0v) is 17.6. The van der Waals surface area contributed by atoms with Crippen LogP contribution in [0.4, 0.5) is 10.3 Å². The highest BCUT2D eigenvalue weighted by molar-refractivity contribution is 5.88. The molecule has 1 aromatic carbocycles. The lowest BCUT2D eigenvalue weighted by Gasteiger charge is -2.09. The van der Waals surface area contributed by atoms with E-state index in [-0.39, 0.29) is 18.1 Å². The number of fused-ring (bicyclic) bond motifs is 1. The average molecular weight is 444 g/mol. The van der Waals surface area contributed by atoms with Crippen LogP contribution >= 0.6 is 0 Å². The molecule has 0 saturated carbocycles. The SMILES string of the molecule is Cn1cc(-c2c(-c3ccccc3)nc(N)[n+]3c(=O)n(Cc4ccc(F)cn4)[nH]c23)ccc1=O. The molecule has 0 bridgehead atoms. The van der Waals surface area contributed by atoms with Crippen molar-refractivity contribution in [1.29, 1.82) is 0 Å². The van der Waals surface area contributed by atoms with Crippen molar-refractivity contribution in [3.63, 3.8) is 0 Å². The van der Waals surface area contributed by atoms with Crippen LogP contribution in [-0.4, -0.2) is 24.3 Å². The second-order valence-corrected chi connectivity index (χ2v) is 7.56. The van der Waals surface area contributed by atoms with E-state index in [1.54, 1.807) is 19.3 Å². The summed E-state index contributed by atoms with van der Waals surface area (Å²) in [4.78, 5) is 33.8. The van der Waals surface area contributed by atoms with Crippen molar-refractivity contribution in [1.82, 2.24) is 24.3 Å². The zero-order chi connectivity index (χ0) is 23.1. The molecule has 4 aromatic heterocycles. The van der Waals surface area contributed by atoms with Crippen molar-refractivity contribution in [3.8, 4) is 22.4 Å². The summed E-state index contributed by atoms with van der Waals surface area (Å²) >= 11 is 0. The standard InChI is InChI=1S/C23H18FN7O2/c1-29-12-15(7-10-18(29)32)19-20(14-5-3-2-4-6-14)27-22(25)31-21(19)28-30(23(31)33)13-17-9-8-16(24)11-26-17/h2-12H,13H2,1H3,(H2,25,27,28)/p+1. The van der Waals surface area contributed by atoms with Crippen LogP contribution in [0.5, 0.6) is 0 Å². The molecule has 10 heteroatoms. The zero-order valence-electron chi connectivity index (χ0n) is 17.6. The summed E-state index contributed by atoms with van der Waals surface area (Å²) in [5.41, 5.74) is 9.13. The topological polar surface area (TPSA) is 116 Å². The molecule has 33 heavy (non-hydrogen) atoms. The van der Waals surface area contributed by atoms with Crippen molar-refractivity contribution in [2.75, 3.05) is 5.73 Å². The molecular formula is C23H19FN7O2+. The van der Waals surface area contributed by atoms with Gasteiger partial charge in [0.15, 0.2) is 0 Å². The molecule has 5 aromatic rings. The fourth-order valence-electron chi connectivity index (χ4n) is 3.74. The lowest BCUT2D eigenvalue weighted by atomic mass is 10.0. The first-order valence-corrected chi connectivity index (χ1v) is 10.1. The first-order chi connectivity index (χ1) is 15.9. The molecule has 9 nitrogen and oxygen atoms in total. The Morgan fingerprint density at radius 1 is 1.06 bits per heavy atom. The minimum atomic E-state index is -0.463. The van der Waals surface area contributed by atoms with Crippen LogP contribution in [0.25, 0.3) is 28.0 Å². The number of hydrogen-bond acceptors (Lipinski definition) is 5. The summed E-state index contributed by atoms with van der Waals surface area (Å²) in [6.45, 7) is 0.0770. The number of rotatable bonds is 4. The van der Waals surface area contributed by atoms with Crippen molar-refractivity contribution < 1.29 is 8.79 Å². The third-order valence-electron chi connectivity index (χ3n) is 5.35. The van der Waals surface area contributed by atoms with Gasteiger partial charge in [-0.3, -0.25) is 9.78 Å². The smallest absolute Gasteiger partial charge is 0.319 e. The summed E-state index contributed by atoms with van der Waals surface area (Å²) in [5, 5.41) is 3.11. The molecule has 0 atom stereocenters. The average Bonchev–Trinajstić information content (AvgIpc) is 3.14. The summed E-state index contributed by atoms with van der Waals surface area (Å²) in [5.74, 6) is -0.459. The highest BCUT2D eigenvalue weighted by atomic mass is 19.1. The first-order valence-electron chi connectivity index (χ1n) is 10.1. The minimum Gasteiger partial charge on any atom is -0.319 e. The molecule has 164 valence electrons. The van der Waals surface area contributed by atoms with Crippen LogP contribution in [0, 0.1) is 5.82 Å². The molecule has 0 fully saturated rings. The number of halogens is 1. The molecule has 3 N–H and O–H groups in total. The molecule has 0 unspecified atom stereocenters. The number of aryl methyl sites for hydroxylation is 1. The Morgan fingerprint density at radius 3 is 2.55 bits per heavy atom. The fourth-order valence-corrected chi connectivity index (χ4v) is 3.74. The van der Waals surface area contributed by atoms with Gasteiger partial charge in [-0.15, -0.1) is 9.38 Å². The second-order valence-electron chi connectivity index (χ2n) is 7.56. The number of nitrogens with two attached hydrogens (primary N) is 1. The normalized spacial score (nSPS) is 11.2. The molecule has 4 heterocycles. The monoisotopic (exact) mass is 444 g/mol. The van der Waals surface area contributed by atoms with Gasteiger partial charge in [0.2, 0.25) is 11.2 Å². The van der Waals surface area contributed by atoms with Gasteiger partial charge in [0, 0.05) is 30.4 Å². The van der Waals surface area contributed by atoms with Crippen molar-refractivity contribution in [2.45, 2.75) is 6.54 Å². The summed E-state index contributed by atoms with van der Waals surface area (Å²) in [7, 11) is 1.65. The molecule has 0 saturated heterocycles. The molecule has 0 aliphatic rings. The quantitative estimate of drug-likeness (QED) is 0.408. The second kappa shape index (κ2) is 7.83. The van der Waals surface area contributed by atoms with Gasteiger partial charge in [0.25, 0.3) is 0 Å². The maximum Gasteiger partial charge on any atom is 0.428 e. The minimum absolute atomic E-state index is 0.00416. The van der Waals surface area contributed by atoms with Gasteiger partial charge < -0.3 is 10.3 Å². The Bertz CT molecular complexity index is 1600. The Balaban J connectivity index is 1.81. The summed E-state index contributed by atoms with van der Waals surface area (Å²) in [6.07, 6.45) is 2.77. The number of anilines is 1. The number of benzene rings is 1. The van der Waals surface area contributed by atoms with E-state index in [0.29, 0.717) is 28.2 Å². The van der Waals surface area contributed by atoms with E-state index < -0.39 is 11.5 Å². The van der Waals surface area contributed by atoms with E-state index >= 15 is 0 Å². The fraction of sp³-hybridized carbons (Fsp3) is 0.0870. The maximum atomic E-state index is 13.2. The molecule has 0 aliphatic carbocycles. The molecule has 5 rings (SSSR count). The number of aromatic amines is 1. The third kappa shape index (κ3) is 3.57. The van der Waals surface area contributed by atoms with Gasteiger partial charge in [-0.05, 0) is 18.2 Å². The molecular weight excluding hydrogens is 425 g/mol. The maximum absolute atomic E-state index is 13.2. The van der Waals surface area contributed by atoms with Gasteiger partial charge in [-0.2, -0.15) is 4.68 Å². The van der Waals surface area contributed by atoms with Crippen LogP contribution < -0.4 is 21.4 Å². The van der Waals surface area contributed by atoms with Crippen LogP contribution in [0.1, 0.15) is 5.69 Å². The van der Waals surface area contributed by atoms with Crippen LogP contribution in [-0.2, 0) is 13.6 Å². The van der Waals surface area contributed by atoms with Gasteiger partial charge in [-0.1, -0.05) is 30.3 Å². The highest BCUT2D eigenvalue weighted by Crippen LogP contribution is 2.32. The van der Waals surface area contributed by atoms with Gasteiger partial charge in [0.05, 0.1) is 17.5 Å². The van der Waals surface area contributed by atoms with Gasteiger partial charge in [-0.25, -0.2) is 14.3 Å². The molecule has 0 radical (unpaired) electrons. The number of nitrogens with zero attached hydrogens (tertiary/aromatic N) is 5. The van der Waals surface area contributed by atoms with Gasteiger partial charge in [0.1, 0.15) is 18.1 Å². The largest absolute Gasteiger partial charge is 0.428 e. The number of nitrogen functional groups attached to an aromatic ring is 1. The predicted molar refractivity (Wildman–Crippen MR) is 120 cm³/mol. The van der Waals surface area contributed by atoms with Crippen molar-refractivity contribution >= 4 is 11.6 Å². The van der Waals surface area contributed by atoms with Crippen molar-refractivity contribution in [3.05, 3.63) is 99.3 Å². The van der Waals surface area contributed by atoms with E-state index in [9.17, 15) is 14.0 Å². The van der Waals surface area contributed by atoms with E-state index in [2.05, 4.69) is 15.1 Å². The van der Waals surface area contributed by atoms with Crippen molar-refractivity contribution in [2.24, 2.45) is 7.05 Å².